The van der Waals surface area contributed by atoms with Gasteiger partial charge in [-0.15, -0.1) is 0 Å². The van der Waals surface area contributed by atoms with Gasteiger partial charge in [-0.1, -0.05) is 6.07 Å². The van der Waals surface area contributed by atoms with Crippen molar-refractivity contribution in [1.29, 1.82) is 5.26 Å². The molecule has 0 bridgehead atoms. The number of alkyl halides is 1. The third-order valence-corrected chi connectivity index (χ3v) is 5.07. The van der Waals surface area contributed by atoms with Gasteiger partial charge in [-0.25, -0.2) is 13.8 Å². The van der Waals surface area contributed by atoms with Crippen molar-refractivity contribution in [2.24, 2.45) is 10.7 Å². The summed E-state index contributed by atoms with van der Waals surface area (Å²) < 4.78 is 39.6. The lowest BCUT2D eigenvalue weighted by Gasteiger charge is -2.31. The lowest BCUT2D eigenvalue weighted by molar-refractivity contribution is 0.0622. The second-order valence-corrected chi connectivity index (χ2v) is 7.08. The van der Waals surface area contributed by atoms with Crippen LogP contribution in [0.1, 0.15) is 34.1 Å². The van der Waals surface area contributed by atoms with E-state index in [-0.39, 0.29) is 29.5 Å². The molecule has 2 aliphatic rings. The number of nitrogens with two attached hydrogens (primary N) is 1. The maximum atomic E-state index is 14.7. The smallest absolute Gasteiger partial charge is 0.285 e. The minimum Gasteiger partial charge on any atom is -0.430 e. The fourth-order valence-corrected chi connectivity index (χ4v) is 3.58. The number of carbonyl (C=O) groups is 1. The molecule has 2 aliphatic heterocycles. The molecule has 4 rings (SSSR count). The van der Waals surface area contributed by atoms with Crippen molar-refractivity contribution < 1.29 is 23.0 Å². The minimum atomic E-state index is -1.69. The number of benzene rings is 1. The number of hydrogen-bond acceptors (Lipinski definition) is 7. The topological polar surface area (TPSA) is 114 Å². The van der Waals surface area contributed by atoms with Gasteiger partial charge in [-0.3, -0.25) is 9.78 Å². The molecule has 29 heavy (non-hydrogen) atoms. The zero-order valence-electron chi connectivity index (χ0n) is 15.4. The van der Waals surface area contributed by atoms with E-state index >= 15 is 0 Å². The summed E-state index contributed by atoms with van der Waals surface area (Å²) in [7, 11) is 0. The number of halogens is 2. The molecule has 9 heteroatoms. The monoisotopic (exact) mass is 398 g/mol. The van der Waals surface area contributed by atoms with Gasteiger partial charge in [0.25, 0.3) is 6.02 Å². The number of epoxide rings is 1. The SMILES string of the molecule is CC12OC(N)=N[C@](CF)(c3cc(CC(=O)c4ccc(C#N)cn4)ccc3F)C1O2. The van der Waals surface area contributed by atoms with Crippen molar-refractivity contribution in [2.75, 3.05) is 6.67 Å². The van der Waals surface area contributed by atoms with E-state index in [0.29, 0.717) is 11.1 Å². The summed E-state index contributed by atoms with van der Waals surface area (Å²) in [5.41, 5.74) is 4.87. The second-order valence-electron chi connectivity index (χ2n) is 7.08. The molecule has 0 aliphatic carbocycles. The summed E-state index contributed by atoms with van der Waals surface area (Å²) in [6.45, 7) is 0.522. The molecule has 3 atom stereocenters. The van der Waals surface area contributed by atoms with E-state index in [9.17, 15) is 13.6 Å². The zero-order chi connectivity index (χ0) is 20.8. The predicted molar refractivity (Wildman–Crippen MR) is 97.0 cm³/mol. The van der Waals surface area contributed by atoms with Gasteiger partial charge in [-0.2, -0.15) is 5.26 Å². The van der Waals surface area contributed by atoms with Crippen LogP contribution in [0.4, 0.5) is 8.78 Å². The van der Waals surface area contributed by atoms with Gasteiger partial charge < -0.3 is 15.2 Å². The fourth-order valence-electron chi connectivity index (χ4n) is 3.58. The van der Waals surface area contributed by atoms with Crippen LogP contribution in [-0.4, -0.2) is 35.4 Å². The molecule has 2 unspecified atom stereocenters. The number of aliphatic imine (C=N–C) groups is 1. The molecule has 2 N–H and O–H groups in total. The number of amidine groups is 1. The van der Waals surface area contributed by atoms with Gasteiger partial charge in [-0.05, 0) is 29.8 Å². The molecule has 0 amide bonds. The molecule has 1 aromatic carbocycles. The number of Topliss-reactive ketones (excluding diaryl/α,β-unsaturated/α-hetero) is 1. The molecular weight excluding hydrogens is 382 g/mol. The highest BCUT2D eigenvalue weighted by molar-refractivity contribution is 5.95. The van der Waals surface area contributed by atoms with Gasteiger partial charge in [0.1, 0.15) is 24.3 Å². The highest BCUT2D eigenvalue weighted by atomic mass is 19.1. The molecule has 0 saturated carbocycles. The Morgan fingerprint density at radius 1 is 1.38 bits per heavy atom. The third-order valence-electron chi connectivity index (χ3n) is 5.07. The van der Waals surface area contributed by atoms with Crippen molar-refractivity contribution in [2.45, 2.75) is 30.8 Å². The number of fused-ring (bicyclic) bond motifs is 1. The molecule has 7 nitrogen and oxygen atoms in total. The van der Waals surface area contributed by atoms with Crippen LogP contribution in [0.5, 0.6) is 0 Å². The van der Waals surface area contributed by atoms with Crippen LogP contribution >= 0.6 is 0 Å². The average molecular weight is 398 g/mol. The Balaban J connectivity index is 1.67. The number of nitriles is 1. The highest BCUT2D eigenvalue weighted by Gasteiger charge is 2.70. The minimum absolute atomic E-state index is 0.0573. The summed E-state index contributed by atoms with van der Waals surface area (Å²) in [6.07, 6.45) is 0.368. The number of ketones is 1. The van der Waals surface area contributed by atoms with E-state index < -0.39 is 29.9 Å². The zero-order valence-corrected chi connectivity index (χ0v) is 15.4. The Morgan fingerprint density at radius 3 is 2.83 bits per heavy atom. The normalized spacial score (nSPS) is 27.2. The summed E-state index contributed by atoms with van der Waals surface area (Å²) in [6, 6.07) is 8.54. The number of ether oxygens (including phenoxy) is 2. The number of carbonyl (C=O) groups excluding carboxylic acids is 1. The fraction of sp³-hybridized carbons (Fsp3) is 0.300. The molecule has 0 radical (unpaired) electrons. The van der Waals surface area contributed by atoms with Crippen LogP contribution in [0.15, 0.2) is 41.5 Å². The van der Waals surface area contributed by atoms with Gasteiger partial charge >= 0.3 is 0 Å². The van der Waals surface area contributed by atoms with Crippen molar-refractivity contribution in [3.8, 4) is 6.07 Å². The number of pyridine rings is 1. The van der Waals surface area contributed by atoms with E-state index in [1.807, 2.05) is 6.07 Å². The van der Waals surface area contributed by atoms with Crippen LogP contribution in [0.2, 0.25) is 0 Å². The van der Waals surface area contributed by atoms with Crippen LogP contribution in [0.3, 0.4) is 0 Å². The summed E-state index contributed by atoms with van der Waals surface area (Å²) in [5, 5.41) is 8.81. The summed E-state index contributed by atoms with van der Waals surface area (Å²) >= 11 is 0. The first-order valence-electron chi connectivity index (χ1n) is 8.78. The Morgan fingerprint density at radius 2 is 2.17 bits per heavy atom. The summed E-state index contributed by atoms with van der Waals surface area (Å²) in [4.78, 5) is 20.5. The molecule has 1 saturated heterocycles. The predicted octanol–water partition coefficient (Wildman–Crippen LogP) is 2.14. The first-order valence-corrected chi connectivity index (χ1v) is 8.78. The third kappa shape index (κ3) is 3.11. The average Bonchev–Trinajstić information content (AvgIpc) is 3.40. The first-order chi connectivity index (χ1) is 13.8. The van der Waals surface area contributed by atoms with Gasteiger partial charge in [0.15, 0.2) is 17.4 Å². The van der Waals surface area contributed by atoms with Crippen molar-refractivity contribution in [3.05, 3.63) is 64.7 Å². The standard InChI is InChI=1S/C20H16F2N4O3/c1-19-17(28-19)20(10-21,26-18(24)29-19)13-6-11(2-4-14(13)22)7-16(27)15-5-3-12(8-23)9-25-15/h2-6,9,17H,7,10H2,1H3,(H2,24,26)/t17?,19?,20-/m1/s1. The molecule has 148 valence electrons. The number of nitrogens with zero attached hydrogens (tertiary/aromatic N) is 3. The van der Waals surface area contributed by atoms with Crippen LogP contribution in [-0.2, 0) is 21.4 Å². The largest absolute Gasteiger partial charge is 0.430 e. The van der Waals surface area contributed by atoms with Crippen LogP contribution < -0.4 is 5.73 Å². The molecule has 2 aromatic rings. The van der Waals surface area contributed by atoms with Crippen molar-refractivity contribution >= 4 is 11.8 Å². The number of rotatable bonds is 5. The van der Waals surface area contributed by atoms with Crippen molar-refractivity contribution in [1.82, 2.24) is 4.98 Å². The Bertz CT molecular complexity index is 1070. The van der Waals surface area contributed by atoms with Gasteiger partial charge in [0.05, 0.1) is 5.56 Å². The van der Waals surface area contributed by atoms with E-state index in [1.165, 1.54) is 30.5 Å². The Hall–Kier alpha value is -3.38. The van der Waals surface area contributed by atoms with E-state index in [1.54, 1.807) is 6.92 Å². The van der Waals surface area contributed by atoms with E-state index in [4.69, 9.17) is 20.5 Å². The van der Waals surface area contributed by atoms with Crippen LogP contribution in [0.25, 0.3) is 0 Å². The van der Waals surface area contributed by atoms with Crippen molar-refractivity contribution in [3.63, 3.8) is 0 Å². The maximum Gasteiger partial charge on any atom is 0.285 e. The lowest BCUT2D eigenvalue weighted by Crippen LogP contribution is -2.46. The molecular formula is C20H16F2N4O3. The molecule has 0 spiro atoms. The molecule has 1 fully saturated rings. The Labute approximate surface area is 164 Å². The van der Waals surface area contributed by atoms with Crippen LogP contribution in [0, 0.1) is 17.1 Å². The number of aromatic nitrogens is 1. The first kappa shape index (κ1) is 19.0. The second kappa shape index (κ2) is 6.60. The molecule has 1 aromatic heterocycles. The van der Waals surface area contributed by atoms with Gasteiger partial charge in [0, 0.05) is 25.1 Å². The quantitative estimate of drug-likeness (QED) is 0.610. The summed E-state index contributed by atoms with van der Waals surface area (Å²) in [5.74, 6) is -2.18. The maximum absolute atomic E-state index is 14.7. The lowest BCUT2D eigenvalue weighted by atomic mass is 9.84. The van der Waals surface area contributed by atoms with E-state index in [0.717, 1.165) is 6.07 Å². The van der Waals surface area contributed by atoms with Gasteiger partial charge in [0.2, 0.25) is 5.79 Å². The Kier molecular flexibility index (Phi) is 4.31. The highest BCUT2D eigenvalue weighted by Crippen LogP contribution is 2.53. The number of hydrogen-bond donors (Lipinski definition) is 1. The molecule has 3 heterocycles. The van der Waals surface area contributed by atoms with E-state index in [2.05, 4.69) is 9.98 Å².